The van der Waals surface area contributed by atoms with Gasteiger partial charge in [0.05, 0.1) is 11.8 Å². The number of carbonyl (C=O) groups is 1. The van der Waals surface area contributed by atoms with Crippen LogP contribution in [0.15, 0.2) is 24.3 Å². The fourth-order valence-electron chi connectivity index (χ4n) is 1.11. The van der Waals surface area contributed by atoms with Crippen molar-refractivity contribution in [2.75, 3.05) is 11.9 Å². The Hall–Kier alpha value is -1.66. The summed E-state index contributed by atoms with van der Waals surface area (Å²) in [5.41, 5.74) is 5.61. The van der Waals surface area contributed by atoms with Crippen LogP contribution in [-0.4, -0.2) is 29.8 Å². The molecule has 0 heterocycles. The molecule has 2 amide bonds. The number of para-hydroxylation sites is 1. The summed E-state index contributed by atoms with van der Waals surface area (Å²) in [6.07, 6.45) is -0.719. The van der Waals surface area contributed by atoms with Crippen molar-refractivity contribution in [3.63, 3.8) is 0 Å². The molecule has 0 saturated carbocycles. The molecule has 94 valence electrons. The molecule has 6 heteroatoms. The molecule has 1 rings (SSSR count). The molecular weight excluding hydrogens is 225 g/mol. The van der Waals surface area contributed by atoms with Crippen LogP contribution in [0.2, 0.25) is 0 Å². The van der Waals surface area contributed by atoms with Gasteiger partial charge in [-0.15, -0.1) is 0 Å². The third-order valence-corrected chi connectivity index (χ3v) is 2.24. The maximum absolute atomic E-state index is 13.2. The van der Waals surface area contributed by atoms with Crippen molar-refractivity contribution in [1.82, 2.24) is 5.32 Å². The minimum absolute atomic E-state index is 0.0932. The Morgan fingerprint density at radius 3 is 2.76 bits per heavy atom. The van der Waals surface area contributed by atoms with Gasteiger partial charge in [0.15, 0.2) is 0 Å². The summed E-state index contributed by atoms with van der Waals surface area (Å²) in [6, 6.07) is 4.72. The molecule has 0 aliphatic carbocycles. The van der Waals surface area contributed by atoms with Crippen molar-refractivity contribution in [3.8, 4) is 0 Å². The summed E-state index contributed by atoms with van der Waals surface area (Å²) in [6.45, 7) is 1.64. The largest absolute Gasteiger partial charge is 0.392 e. The second kappa shape index (κ2) is 6.17. The lowest BCUT2D eigenvalue weighted by atomic mass is 10.2. The van der Waals surface area contributed by atoms with Crippen LogP contribution >= 0.6 is 0 Å². The van der Waals surface area contributed by atoms with Crippen LogP contribution in [0.1, 0.15) is 6.92 Å². The van der Waals surface area contributed by atoms with E-state index in [-0.39, 0.29) is 12.2 Å². The third kappa shape index (κ3) is 4.38. The van der Waals surface area contributed by atoms with Crippen LogP contribution in [0.5, 0.6) is 0 Å². The monoisotopic (exact) mass is 241 g/mol. The molecule has 0 spiro atoms. The minimum Gasteiger partial charge on any atom is -0.392 e. The topological polar surface area (TPSA) is 87.4 Å². The van der Waals surface area contributed by atoms with Gasteiger partial charge in [0.1, 0.15) is 5.82 Å². The number of amides is 2. The van der Waals surface area contributed by atoms with Gasteiger partial charge in [-0.25, -0.2) is 9.18 Å². The zero-order valence-electron chi connectivity index (χ0n) is 9.48. The predicted octanol–water partition coefficient (Wildman–Crippen LogP) is 0.655. The molecule has 0 radical (unpaired) electrons. The Bertz CT molecular complexity index is 385. The summed E-state index contributed by atoms with van der Waals surface area (Å²) in [5, 5.41) is 13.9. The van der Waals surface area contributed by atoms with E-state index in [0.717, 1.165) is 0 Å². The fourth-order valence-corrected chi connectivity index (χ4v) is 1.11. The van der Waals surface area contributed by atoms with Crippen molar-refractivity contribution < 1.29 is 14.3 Å². The van der Waals surface area contributed by atoms with Crippen LogP contribution in [0.3, 0.4) is 0 Å². The van der Waals surface area contributed by atoms with E-state index < -0.39 is 24.0 Å². The maximum atomic E-state index is 13.2. The number of hydrogen-bond donors (Lipinski definition) is 4. The second-order valence-electron chi connectivity index (χ2n) is 3.72. The average Bonchev–Trinajstić information content (AvgIpc) is 2.29. The van der Waals surface area contributed by atoms with Gasteiger partial charge in [0.2, 0.25) is 0 Å². The molecule has 1 aromatic rings. The molecule has 0 aromatic heterocycles. The highest BCUT2D eigenvalue weighted by Crippen LogP contribution is 2.11. The number of rotatable bonds is 4. The number of aliphatic hydroxyl groups excluding tert-OH is 1. The van der Waals surface area contributed by atoms with Crippen LogP contribution in [0.4, 0.5) is 14.9 Å². The van der Waals surface area contributed by atoms with E-state index in [9.17, 15) is 9.18 Å². The van der Waals surface area contributed by atoms with E-state index in [1.54, 1.807) is 6.07 Å². The first-order valence-corrected chi connectivity index (χ1v) is 5.23. The molecule has 5 N–H and O–H groups in total. The maximum Gasteiger partial charge on any atom is 0.319 e. The Morgan fingerprint density at radius 1 is 1.53 bits per heavy atom. The summed E-state index contributed by atoms with van der Waals surface area (Å²) in [5.74, 6) is -0.512. The molecule has 2 unspecified atom stereocenters. The van der Waals surface area contributed by atoms with E-state index in [4.69, 9.17) is 10.8 Å². The van der Waals surface area contributed by atoms with Gasteiger partial charge < -0.3 is 21.5 Å². The molecule has 0 aliphatic rings. The van der Waals surface area contributed by atoms with Crippen LogP contribution < -0.4 is 16.4 Å². The number of nitrogens with two attached hydrogens (primary N) is 1. The standard InChI is InChI=1S/C11H16FN3O2/c1-7(16)9(13)6-14-11(17)15-10-5-3-2-4-8(10)12/h2-5,7,9,16H,6,13H2,1H3,(H2,14,15,17). The zero-order valence-corrected chi connectivity index (χ0v) is 9.48. The summed E-state index contributed by atoms with van der Waals surface area (Å²) in [4.78, 5) is 11.4. The number of nitrogens with one attached hydrogen (secondary N) is 2. The highest BCUT2D eigenvalue weighted by Gasteiger charge is 2.11. The van der Waals surface area contributed by atoms with Crippen molar-refractivity contribution >= 4 is 11.7 Å². The van der Waals surface area contributed by atoms with Gasteiger partial charge >= 0.3 is 6.03 Å². The molecule has 0 aliphatic heterocycles. The number of aliphatic hydroxyl groups is 1. The summed E-state index contributed by atoms with van der Waals surface area (Å²) >= 11 is 0. The first-order valence-electron chi connectivity index (χ1n) is 5.23. The van der Waals surface area contributed by atoms with E-state index >= 15 is 0 Å². The minimum atomic E-state index is -0.719. The van der Waals surface area contributed by atoms with Gasteiger partial charge in [-0.3, -0.25) is 0 Å². The van der Waals surface area contributed by atoms with Gasteiger partial charge in [0.25, 0.3) is 0 Å². The van der Waals surface area contributed by atoms with Crippen LogP contribution in [0.25, 0.3) is 0 Å². The first kappa shape index (κ1) is 13.4. The number of urea groups is 1. The summed E-state index contributed by atoms with van der Waals surface area (Å²) in [7, 11) is 0. The number of anilines is 1. The van der Waals surface area contributed by atoms with E-state index in [1.165, 1.54) is 25.1 Å². The van der Waals surface area contributed by atoms with Crippen molar-refractivity contribution in [2.24, 2.45) is 5.73 Å². The quantitative estimate of drug-likeness (QED) is 0.624. The lowest BCUT2D eigenvalue weighted by Gasteiger charge is -2.15. The highest BCUT2D eigenvalue weighted by atomic mass is 19.1. The lowest BCUT2D eigenvalue weighted by molar-refractivity contribution is 0.162. The Balaban J connectivity index is 2.43. The van der Waals surface area contributed by atoms with Crippen LogP contribution in [0, 0.1) is 5.82 Å². The normalized spacial score (nSPS) is 13.9. The molecule has 0 fully saturated rings. The van der Waals surface area contributed by atoms with Gasteiger partial charge in [-0.05, 0) is 19.1 Å². The zero-order chi connectivity index (χ0) is 12.8. The predicted molar refractivity (Wildman–Crippen MR) is 63.1 cm³/mol. The molecule has 1 aromatic carbocycles. The number of halogens is 1. The number of carbonyl (C=O) groups excluding carboxylic acids is 1. The molecule has 5 nitrogen and oxygen atoms in total. The van der Waals surface area contributed by atoms with E-state index in [2.05, 4.69) is 10.6 Å². The Kier molecular flexibility index (Phi) is 4.86. The van der Waals surface area contributed by atoms with Crippen LogP contribution in [-0.2, 0) is 0 Å². The third-order valence-electron chi connectivity index (χ3n) is 2.24. The second-order valence-corrected chi connectivity index (χ2v) is 3.72. The molecule has 0 bridgehead atoms. The molecule has 0 saturated heterocycles. The Morgan fingerprint density at radius 2 is 2.18 bits per heavy atom. The molecule has 2 atom stereocenters. The van der Waals surface area contributed by atoms with Crippen molar-refractivity contribution in [2.45, 2.75) is 19.1 Å². The van der Waals surface area contributed by atoms with Gasteiger partial charge in [-0.2, -0.15) is 0 Å². The Labute approximate surface area is 98.8 Å². The van der Waals surface area contributed by atoms with Gasteiger partial charge in [-0.1, -0.05) is 12.1 Å². The number of benzene rings is 1. The highest BCUT2D eigenvalue weighted by molar-refractivity contribution is 5.89. The summed E-state index contributed by atoms with van der Waals surface area (Å²) < 4.78 is 13.2. The number of hydrogen-bond acceptors (Lipinski definition) is 3. The molecule has 17 heavy (non-hydrogen) atoms. The van der Waals surface area contributed by atoms with E-state index in [0.29, 0.717) is 0 Å². The van der Waals surface area contributed by atoms with Crippen molar-refractivity contribution in [3.05, 3.63) is 30.1 Å². The van der Waals surface area contributed by atoms with Crippen molar-refractivity contribution in [1.29, 1.82) is 0 Å². The smallest absolute Gasteiger partial charge is 0.319 e. The average molecular weight is 241 g/mol. The van der Waals surface area contributed by atoms with E-state index in [1.807, 2.05) is 0 Å². The van der Waals surface area contributed by atoms with Gasteiger partial charge in [0, 0.05) is 12.6 Å². The first-order chi connectivity index (χ1) is 8.00. The SMILES string of the molecule is CC(O)C(N)CNC(=O)Nc1ccccc1F. The lowest BCUT2D eigenvalue weighted by Crippen LogP contribution is -2.44. The fraction of sp³-hybridized carbons (Fsp3) is 0.364. The molecular formula is C11H16FN3O2.